The summed E-state index contributed by atoms with van der Waals surface area (Å²) in [5.74, 6) is 0. The predicted molar refractivity (Wildman–Crippen MR) is 251 cm³/mol. The quantitative estimate of drug-likeness (QED) is 0.161. The molecule has 2 radical (unpaired) electrons. The fourth-order valence-electron chi connectivity index (χ4n) is 5.09. The van der Waals surface area contributed by atoms with Gasteiger partial charge in [-0.3, -0.25) is 0 Å². The maximum absolute atomic E-state index is 4.09. The van der Waals surface area contributed by atoms with Crippen molar-refractivity contribution < 1.29 is 65.4 Å². The summed E-state index contributed by atoms with van der Waals surface area (Å²) < 4.78 is 4.51. The number of hydrogen-bond acceptors (Lipinski definition) is 1. The van der Waals surface area contributed by atoms with Gasteiger partial charge in [0.25, 0.3) is 0 Å². The molecular formula is C53H69N3Y2-4. The van der Waals surface area contributed by atoms with Gasteiger partial charge in [0, 0.05) is 78.5 Å². The van der Waals surface area contributed by atoms with E-state index in [9.17, 15) is 0 Å². The second-order valence-corrected chi connectivity index (χ2v) is 10.6. The summed E-state index contributed by atoms with van der Waals surface area (Å²) in [6, 6.07) is 56.7. The molecule has 3 aromatic heterocycles. The Morgan fingerprint density at radius 2 is 0.741 bits per heavy atom. The number of hydrogen-bond donors (Lipinski definition) is 0. The van der Waals surface area contributed by atoms with E-state index in [0.717, 1.165) is 24.2 Å². The Hall–Kier alpha value is -3.72. The van der Waals surface area contributed by atoms with Gasteiger partial charge in [0.2, 0.25) is 0 Å². The third-order valence-electron chi connectivity index (χ3n) is 7.25. The number of rotatable bonds is 4. The summed E-state index contributed by atoms with van der Waals surface area (Å²) in [7, 11) is 0. The van der Waals surface area contributed by atoms with Crippen LogP contribution in [0.2, 0.25) is 0 Å². The zero-order valence-electron chi connectivity index (χ0n) is 35.1. The van der Waals surface area contributed by atoms with E-state index in [0.29, 0.717) is 0 Å². The molecule has 8 aromatic rings. The molecule has 5 heteroatoms. The largest absolute Gasteiger partial charge is 0.406 e. The topological polar surface area (TPSA) is 22.8 Å². The number of fused-ring (bicyclic) bond motifs is 2. The molecule has 0 amide bonds. The predicted octanol–water partition coefficient (Wildman–Crippen LogP) is 15.5. The third-order valence-corrected chi connectivity index (χ3v) is 7.25. The van der Waals surface area contributed by atoms with Crippen LogP contribution in [0.5, 0.6) is 0 Å². The van der Waals surface area contributed by atoms with Gasteiger partial charge in [-0.05, 0) is 22.2 Å². The second-order valence-electron chi connectivity index (χ2n) is 10.6. The summed E-state index contributed by atoms with van der Waals surface area (Å²) in [5.41, 5.74) is 7.32. The Labute approximate surface area is 405 Å². The molecule has 0 spiro atoms. The fraction of sp³-hybridized carbons (Fsp3) is 0.226. The summed E-state index contributed by atoms with van der Waals surface area (Å²) in [6.07, 6.45) is 7.63. The van der Waals surface area contributed by atoms with Crippen molar-refractivity contribution in [3.63, 3.8) is 0 Å². The van der Waals surface area contributed by atoms with Gasteiger partial charge in [0.1, 0.15) is 0 Å². The van der Waals surface area contributed by atoms with Gasteiger partial charge in [-0.1, -0.05) is 192 Å². The maximum atomic E-state index is 4.09. The SMILES string of the molecule is C.C.CC.CC.CC.CC.[CH2-]c1cn(Cc2ccccc2)c2ccccc12.[CH2-]c1cn(Cc2ccccc2)c2ccccc12.[Y].[Y].[c-]1ccccc1.[c-]1ccncc1. The Balaban J connectivity index is -0.000000332. The van der Waals surface area contributed by atoms with Crippen LogP contribution in [0.15, 0.2) is 176 Å². The van der Waals surface area contributed by atoms with Gasteiger partial charge in [-0.2, -0.15) is 79.6 Å². The standard InChI is InChI=1S/2C16H14N.C6H5.C5H4N.4C2H6.2CH4.2Y/c2*1-13-11-17(12-14-7-3-2-4-8-14)16-10-6-5-9-15(13)16;2*1-2-4-6-5-3-1;4*1-2;;;;/h2*2-11H,1,12H2;1-5H;2-5H;4*1-2H3;2*1H4;;/q4*-1;;;;;;;;. The molecule has 0 aliphatic carbocycles. The van der Waals surface area contributed by atoms with Gasteiger partial charge in [0.15, 0.2) is 0 Å². The van der Waals surface area contributed by atoms with Crippen LogP contribution in [0.25, 0.3) is 21.8 Å². The molecule has 0 fully saturated rings. The average molecular weight is 926 g/mol. The Morgan fingerprint density at radius 3 is 1.02 bits per heavy atom. The van der Waals surface area contributed by atoms with Crippen molar-refractivity contribution in [2.24, 2.45) is 0 Å². The van der Waals surface area contributed by atoms with E-state index in [-0.39, 0.29) is 80.3 Å². The molecule has 306 valence electrons. The molecule has 5 aromatic carbocycles. The number of benzene rings is 5. The molecular weight excluding hydrogens is 856 g/mol. The van der Waals surface area contributed by atoms with E-state index in [2.05, 4.69) is 150 Å². The van der Waals surface area contributed by atoms with Crippen LogP contribution in [0.3, 0.4) is 0 Å². The van der Waals surface area contributed by atoms with E-state index in [4.69, 9.17) is 0 Å². The molecule has 58 heavy (non-hydrogen) atoms. The van der Waals surface area contributed by atoms with E-state index in [1.54, 1.807) is 24.5 Å². The Kier molecular flexibility index (Phi) is 42.1. The first-order chi connectivity index (χ1) is 26.7. The van der Waals surface area contributed by atoms with Crippen LogP contribution in [-0.4, -0.2) is 14.1 Å². The van der Waals surface area contributed by atoms with E-state index < -0.39 is 0 Å². The molecule has 8 rings (SSSR count). The van der Waals surface area contributed by atoms with Gasteiger partial charge in [-0.25, -0.2) is 0 Å². The summed E-state index contributed by atoms with van der Waals surface area (Å²) >= 11 is 0. The van der Waals surface area contributed by atoms with Gasteiger partial charge >= 0.3 is 0 Å². The van der Waals surface area contributed by atoms with Crippen molar-refractivity contribution in [1.82, 2.24) is 14.1 Å². The minimum atomic E-state index is 0. The van der Waals surface area contributed by atoms with Crippen LogP contribution in [-0.2, 0) is 78.5 Å². The zero-order valence-corrected chi connectivity index (χ0v) is 40.7. The Morgan fingerprint density at radius 1 is 0.431 bits per heavy atom. The minimum absolute atomic E-state index is 0. The van der Waals surface area contributed by atoms with Crippen molar-refractivity contribution in [2.45, 2.75) is 83.3 Å². The number of nitrogens with zero attached hydrogens (tertiary/aromatic N) is 3. The van der Waals surface area contributed by atoms with Gasteiger partial charge in [-0.15, -0.1) is 22.9 Å². The fourth-order valence-corrected chi connectivity index (χ4v) is 5.09. The van der Waals surface area contributed by atoms with E-state index in [1.807, 2.05) is 97.9 Å². The normalized spacial score (nSPS) is 8.41. The van der Waals surface area contributed by atoms with Gasteiger partial charge < -0.3 is 14.1 Å². The molecule has 3 nitrogen and oxygen atoms in total. The average Bonchev–Trinajstić information content (AvgIpc) is 3.77. The molecule has 0 unspecified atom stereocenters. The zero-order chi connectivity index (χ0) is 39.8. The van der Waals surface area contributed by atoms with Gasteiger partial charge in [0.05, 0.1) is 0 Å². The molecule has 3 heterocycles. The molecule has 0 atom stereocenters. The van der Waals surface area contributed by atoms with Crippen molar-refractivity contribution in [1.29, 1.82) is 0 Å². The van der Waals surface area contributed by atoms with Crippen LogP contribution >= 0.6 is 0 Å². The number of pyridine rings is 1. The molecule has 0 N–H and O–H groups in total. The summed E-state index contributed by atoms with van der Waals surface area (Å²) in [4.78, 5) is 3.75. The van der Waals surface area contributed by atoms with Crippen LogP contribution in [0, 0.1) is 26.0 Å². The molecule has 0 saturated heterocycles. The van der Waals surface area contributed by atoms with Crippen LogP contribution in [0.4, 0.5) is 0 Å². The minimum Gasteiger partial charge on any atom is -0.406 e. The molecule has 0 saturated carbocycles. The Bertz CT molecular complexity index is 1800. The van der Waals surface area contributed by atoms with E-state index >= 15 is 0 Å². The summed E-state index contributed by atoms with van der Waals surface area (Å²) in [6.45, 7) is 26.0. The second kappa shape index (κ2) is 40.1. The van der Waals surface area contributed by atoms with Crippen molar-refractivity contribution in [3.05, 3.63) is 225 Å². The molecule has 0 aliphatic rings. The maximum Gasteiger partial charge on any atom is 0.0346 e. The van der Waals surface area contributed by atoms with Crippen LogP contribution < -0.4 is 0 Å². The smallest absolute Gasteiger partial charge is 0.0346 e. The van der Waals surface area contributed by atoms with Crippen molar-refractivity contribution >= 4 is 21.8 Å². The van der Waals surface area contributed by atoms with Crippen molar-refractivity contribution in [2.75, 3.05) is 0 Å². The monoisotopic (exact) mass is 925 g/mol. The molecule has 0 bridgehead atoms. The summed E-state index contributed by atoms with van der Waals surface area (Å²) in [5, 5.41) is 2.48. The third kappa shape index (κ3) is 22.4. The van der Waals surface area contributed by atoms with Crippen LogP contribution in [0.1, 0.15) is 92.5 Å². The first-order valence-corrected chi connectivity index (χ1v) is 19.2. The van der Waals surface area contributed by atoms with Crippen molar-refractivity contribution in [3.8, 4) is 0 Å². The van der Waals surface area contributed by atoms with E-state index in [1.165, 1.54) is 32.9 Å². The number of para-hydroxylation sites is 2. The first-order valence-electron chi connectivity index (χ1n) is 19.2. The molecule has 0 aliphatic heterocycles. The first kappa shape index (κ1) is 60.9. The number of aromatic nitrogens is 3.